The number of alkyl halides is 1. The predicted octanol–water partition coefficient (Wildman–Crippen LogP) is -0.134. The fourth-order valence-electron chi connectivity index (χ4n) is 1.72. The molecule has 10 heteroatoms. The molecule has 4 unspecified atom stereocenters. The second-order valence-corrected chi connectivity index (χ2v) is 6.07. The van der Waals surface area contributed by atoms with E-state index in [2.05, 4.69) is 20.9 Å². The third-order valence-corrected chi connectivity index (χ3v) is 4.51. The van der Waals surface area contributed by atoms with Crippen molar-refractivity contribution in [3.63, 3.8) is 0 Å². The fraction of sp³-hybridized carbons (Fsp3) is 0.556. The number of hydrogen-bond acceptors (Lipinski definition) is 6. The number of aliphatic hydroxyl groups excluding tert-OH is 2. The van der Waals surface area contributed by atoms with Crippen LogP contribution in [-0.2, 0) is 4.74 Å². The van der Waals surface area contributed by atoms with Crippen LogP contribution in [0.1, 0.15) is 6.23 Å². The lowest BCUT2D eigenvalue weighted by Gasteiger charge is -2.17. The standard InChI is InChI=1S/C9H11BrIN3O4.ClH/c10-5-6(16)4(2-15)18-8(5)14-1-3(11)7(12)13-9(14)17;/h1,4-6,8,15-16H,2H2,(H2,12,13,17);1H. The van der Waals surface area contributed by atoms with Crippen molar-refractivity contribution in [2.45, 2.75) is 23.3 Å². The zero-order valence-electron chi connectivity index (χ0n) is 9.44. The highest BCUT2D eigenvalue weighted by Gasteiger charge is 2.43. The Bertz CT molecular complexity index is 517. The topological polar surface area (TPSA) is 111 Å². The maximum absolute atomic E-state index is 11.8. The Balaban J connectivity index is 0.00000180. The molecule has 108 valence electrons. The largest absolute Gasteiger partial charge is 0.394 e. The van der Waals surface area contributed by atoms with E-state index in [1.54, 1.807) is 0 Å². The van der Waals surface area contributed by atoms with Crippen LogP contribution in [0, 0.1) is 3.57 Å². The summed E-state index contributed by atoms with van der Waals surface area (Å²) in [5.41, 5.74) is 4.97. The van der Waals surface area contributed by atoms with Gasteiger partial charge in [-0.05, 0) is 22.6 Å². The van der Waals surface area contributed by atoms with Crippen molar-refractivity contribution < 1.29 is 14.9 Å². The van der Waals surface area contributed by atoms with Crippen LogP contribution in [0.2, 0.25) is 0 Å². The van der Waals surface area contributed by atoms with Gasteiger partial charge in [0.05, 0.1) is 21.1 Å². The molecule has 0 aliphatic carbocycles. The van der Waals surface area contributed by atoms with Gasteiger partial charge in [-0.25, -0.2) is 4.79 Å². The molecule has 1 aliphatic rings. The lowest BCUT2D eigenvalue weighted by molar-refractivity contribution is -0.0456. The number of nitrogen functional groups attached to an aromatic ring is 1. The number of anilines is 1. The lowest BCUT2D eigenvalue weighted by atomic mass is 10.2. The zero-order chi connectivity index (χ0) is 13.4. The monoisotopic (exact) mass is 467 g/mol. The minimum Gasteiger partial charge on any atom is -0.394 e. The number of nitrogens with two attached hydrogens (primary N) is 1. The Morgan fingerprint density at radius 2 is 2.26 bits per heavy atom. The maximum atomic E-state index is 11.8. The zero-order valence-corrected chi connectivity index (χ0v) is 14.0. The number of aromatic nitrogens is 2. The third-order valence-electron chi connectivity index (χ3n) is 2.68. The Morgan fingerprint density at radius 1 is 1.63 bits per heavy atom. The molecule has 0 bridgehead atoms. The number of hydrogen-bond donors (Lipinski definition) is 3. The summed E-state index contributed by atoms with van der Waals surface area (Å²) in [4.78, 5) is 14.9. The molecule has 1 aliphatic heterocycles. The minimum absolute atomic E-state index is 0. The second kappa shape index (κ2) is 6.68. The molecular formula is C9H12BrClIN3O4. The average Bonchev–Trinajstić information content (AvgIpc) is 2.61. The van der Waals surface area contributed by atoms with Crippen LogP contribution >= 0.6 is 50.9 Å². The molecule has 0 radical (unpaired) electrons. The van der Waals surface area contributed by atoms with Crippen LogP contribution in [0.3, 0.4) is 0 Å². The molecule has 2 rings (SSSR count). The van der Waals surface area contributed by atoms with Gasteiger partial charge in [0.1, 0.15) is 11.9 Å². The SMILES string of the molecule is Cl.Nc1nc(=O)n(C2OC(CO)C(O)C2Br)cc1I. The maximum Gasteiger partial charge on any atom is 0.351 e. The van der Waals surface area contributed by atoms with Crippen molar-refractivity contribution >= 4 is 56.7 Å². The van der Waals surface area contributed by atoms with Crippen LogP contribution in [0.5, 0.6) is 0 Å². The Labute approximate surface area is 136 Å². The first-order chi connectivity index (χ1) is 8.45. The molecule has 4 atom stereocenters. The van der Waals surface area contributed by atoms with Crippen LogP contribution in [0.25, 0.3) is 0 Å². The van der Waals surface area contributed by atoms with E-state index in [-0.39, 0.29) is 24.8 Å². The van der Waals surface area contributed by atoms with Crippen LogP contribution < -0.4 is 11.4 Å². The lowest BCUT2D eigenvalue weighted by Crippen LogP contribution is -2.33. The van der Waals surface area contributed by atoms with Gasteiger partial charge in [0.15, 0.2) is 6.23 Å². The van der Waals surface area contributed by atoms with Crippen molar-refractivity contribution in [3.8, 4) is 0 Å². The number of rotatable bonds is 2. The van der Waals surface area contributed by atoms with Crippen molar-refractivity contribution in [2.24, 2.45) is 0 Å². The summed E-state index contributed by atoms with van der Waals surface area (Å²) in [6, 6.07) is 0. The van der Waals surface area contributed by atoms with Crippen molar-refractivity contribution in [2.75, 3.05) is 12.3 Å². The van der Waals surface area contributed by atoms with E-state index in [0.717, 1.165) is 0 Å². The molecule has 2 heterocycles. The number of nitrogens with zero attached hydrogens (tertiary/aromatic N) is 2. The van der Waals surface area contributed by atoms with Gasteiger partial charge in [-0.3, -0.25) is 4.57 Å². The highest BCUT2D eigenvalue weighted by atomic mass is 127. The van der Waals surface area contributed by atoms with E-state index < -0.39 is 29.0 Å². The van der Waals surface area contributed by atoms with Gasteiger partial charge in [-0.1, -0.05) is 15.9 Å². The number of ether oxygens (including phenoxy) is 1. The highest BCUT2D eigenvalue weighted by molar-refractivity contribution is 14.1. The molecule has 7 nitrogen and oxygen atoms in total. The summed E-state index contributed by atoms with van der Waals surface area (Å²) in [6.07, 6.45) is -0.855. The molecule has 1 aromatic rings. The fourth-order valence-corrected chi connectivity index (χ4v) is 2.86. The molecular weight excluding hydrogens is 456 g/mol. The second-order valence-electron chi connectivity index (χ2n) is 3.85. The molecule has 4 N–H and O–H groups in total. The first-order valence-electron chi connectivity index (χ1n) is 5.08. The summed E-state index contributed by atoms with van der Waals surface area (Å²) in [5.74, 6) is 0.153. The van der Waals surface area contributed by atoms with E-state index in [0.29, 0.717) is 3.57 Å². The first kappa shape index (κ1) is 17.1. The smallest absolute Gasteiger partial charge is 0.351 e. The van der Waals surface area contributed by atoms with Gasteiger partial charge in [-0.15, -0.1) is 12.4 Å². The minimum atomic E-state index is -0.901. The molecule has 1 saturated heterocycles. The van der Waals surface area contributed by atoms with Gasteiger partial charge < -0.3 is 20.7 Å². The summed E-state index contributed by atoms with van der Waals surface area (Å²) in [7, 11) is 0. The van der Waals surface area contributed by atoms with Gasteiger partial charge in [0.2, 0.25) is 0 Å². The summed E-state index contributed by atoms with van der Waals surface area (Å²) in [5, 5.41) is 18.9. The van der Waals surface area contributed by atoms with Crippen molar-refractivity contribution in [3.05, 3.63) is 20.3 Å². The highest BCUT2D eigenvalue weighted by Crippen LogP contribution is 2.33. The van der Waals surface area contributed by atoms with Gasteiger partial charge in [0.25, 0.3) is 0 Å². The van der Waals surface area contributed by atoms with E-state index in [1.165, 1.54) is 10.8 Å². The van der Waals surface area contributed by atoms with Gasteiger partial charge in [-0.2, -0.15) is 4.98 Å². The Kier molecular flexibility index (Phi) is 6.01. The van der Waals surface area contributed by atoms with E-state index >= 15 is 0 Å². The number of halogens is 3. The normalized spacial score (nSPS) is 30.1. The molecule has 0 saturated carbocycles. The van der Waals surface area contributed by atoms with Gasteiger partial charge in [0, 0.05) is 6.20 Å². The summed E-state index contributed by atoms with van der Waals surface area (Å²) in [6.45, 7) is -0.325. The number of aliphatic hydroxyl groups is 2. The molecule has 0 aromatic carbocycles. The van der Waals surface area contributed by atoms with E-state index in [1.807, 2.05) is 22.6 Å². The molecule has 1 aromatic heterocycles. The summed E-state index contributed by atoms with van der Waals surface area (Å²) >= 11 is 5.21. The van der Waals surface area contributed by atoms with Crippen molar-refractivity contribution in [1.82, 2.24) is 9.55 Å². The molecule has 1 fully saturated rings. The molecule has 0 amide bonds. The Hall–Kier alpha value is 0.0600. The van der Waals surface area contributed by atoms with Crippen LogP contribution in [0.4, 0.5) is 5.82 Å². The van der Waals surface area contributed by atoms with Crippen LogP contribution in [0.15, 0.2) is 11.0 Å². The first-order valence-corrected chi connectivity index (χ1v) is 7.07. The Morgan fingerprint density at radius 3 is 2.79 bits per heavy atom. The van der Waals surface area contributed by atoms with Gasteiger partial charge >= 0.3 is 5.69 Å². The van der Waals surface area contributed by atoms with E-state index in [4.69, 9.17) is 15.6 Å². The van der Waals surface area contributed by atoms with Crippen molar-refractivity contribution in [1.29, 1.82) is 0 Å². The summed E-state index contributed by atoms with van der Waals surface area (Å²) < 4.78 is 7.28. The van der Waals surface area contributed by atoms with E-state index in [9.17, 15) is 9.90 Å². The van der Waals surface area contributed by atoms with Crippen LogP contribution in [-0.4, -0.2) is 43.4 Å². The third kappa shape index (κ3) is 3.22. The predicted molar refractivity (Wildman–Crippen MR) is 82.6 cm³/mol. The quantitative estimate of drug-likeness (QED) is 0.412. The average molecular weight is 468 g/mol. The molecule has 19 heavy (non-hydrogen) atoms. The molecule has 0 spiro atoms.